The van der Waals surface area contributed by atoms with Gasteiger partial charge in [-0.05, 0) is 70.8 Å². The van der Waals surface area contributed by atoms with Crippen molar-refractivity contribution in [1.29, 1.82) is 0 Å². The number of rotatable bonds is 8. The van der Waals surface area contributed by atoms with Crippen molar-refractivity contribution >= 4 is 10.8 Å². The molecule has 0 fully saturated rings. The second-order valence-electron chi connectivity index (χ2n) is 7.69. The number of benzene rings is 4. The molecule has 0 saturated heterocycles. The Morgan fingerprint density at radius 2 is 1.03 bits per heavy atom. The van der Waals surface area contributed by atoms with Crippen molar-refractivity contribution in [3.63, 3.8) is 0 Å². The number of methoxy groups -OCH3 is 2. The molecular weight excluding hydrogens is 368 g/mol. The monoisotopic (exact) mass is 396 g/mol. The van der Waals surface area contributed by atoms with Crippen molar-refractivity contribution in [2.24, 2.45) is 0 Å². The first-order valence-corrected chi connectivity index (χ1v) is 10.5. The lowest BCUT2D eigenvalue weighted by Gasteiger charge is -2.10. The Morgan fingerprint density at radius 3 is 1.70 bits per heavy atom. The van der Waals surface area contributed by atoms with E-state index >= 15 is 0 Å². The van der Waals surface area contributed by atoms with Gasteiger partial charge in [-0.2, -0.15) is 0 Å². The van der Waals surface area contributed by atoms with Gasteiger partial charge in [0.15, 0.2) is 11.5 Å². The average Bonchev–Trinajstić information content (AvgIpc) is 2.81. The summed E-state index contributed by atoms with van der Waals surface area (Å²) in [5.41, 5.74) is 5.42. The predicted molar refractivity (Wildman–Crippen MR) is 125 cm³/mol. The van der Waals surface area contributed by atoms with Gasteiger partial charge in [0.2, 0.25) is 0 Å². The van der Waals surface area contributed by atoms with E-state index in [-0.39, 0.29) is 0 Å². The Morgan fingerprint density at radius 1 is 0.467 bits per heavy atom. The molecule has 152 valence electrons. The highest BCUT2D eigenvalue weighted by molar-refractivity contribution is 5.83. The highest BCUT2D eigenvalue weighted by Crippen LogP contribution is 2.28. The first kappa shape index (κ1) is 20.0. The lowest BCUT2D eigenvalue weighted by molar-refractivity contribution is 0.354. The summed E-state index contributed by atoms with van der Waals surface area (Å²) in [5, 5.41) is 2.62. The van der Waals surface area contributed by atoms with Crippen LogP contribution in [0.5, 0.6) is 11.5 Å². The third-order valence-electron chi connectivity index (χ3n) is 5.66. The van der Waals surface area contributed by atoms with E-state index in [1.54, 1.807) is 14.2 Å². The third-order valence-corrected chi connectivity index (χ3v) is 5.66. The second kappa shape index (κ2) is 9.49. The van der Waals surface area contributed by atoms with Gasteiger partial charge in [0.05, 0.1) is 14.2 Å². The highest BCUT2D eigenvalue weighted by Gasteiger charge is 2.05. The van der Waals surface area contributed by atoms with Gasteiger partial charge in [-0.25, -0.2) is 0 Å². The third kappa shape index (κ3) is 4.83. The molecule has 2 nitrogen and oxygen atoms in total. The van der Waals surface area contributed by atoms with E-state index < -0.39 is 0 Å². The summed E-state index contributed by atoms with van der Waals surface area (Å²) in [6.45, 7) is 0. The summed E-state index contributed by atoms with van der Waals surface area (Å²) in [4.78, 5) is 0. The van der Waals surface area contributed by atoms with E-state index in [0.29, 0.717) is 0 Å². The van der Waals surface area contributed by atoms with Crippen molar-refractivity contribution in [1.82, 2.24) is 0 Å². The minimum atomic E-state index is 0.775. The fourth-order valence-corrected chi connectivity index (χ4v) is 3.95. The van der Waals surface area contributed by atoms with Gasteiger partial charge in [-0.1, -0.05) is 72.8 Å². The first-order valence-electron chi connectivity index (χ1n) is 10.5. The maximum atomic E-state index is 5.42. The molecule has 30 heavy (non-hydrogen) atoms. The molecule has 0 amide bonds. The normalized spacial score (nSPS) is 10.9. The number of ether oxygens (including phenoxy) is 2. The van der Waals surface area contributed by atoms with Gasteiger partial charge in [0.1, 0.15) is 0 Å². The Balaban J connectivity index is 1.38. The zero-order valence-corrected chi connectivity index (χ0v) is 17.7. The van der Waals surface area contributed by atoms with Crippen molar-refractivity contribution in [2.75, 3.05) is 14.2 Å². The van der Waals surface area contributed by atoms with Gasteiger partial charge >= 0.3 is 0 Å². The van der Waals surface area contributed by atoms with E-state index in [2.05, 4.69) is 78.9 Å². The molecule has 0 unspecified atom stereocenters. The first-order chi connectivity index (χ1) is 14.7. The van der Waals surface area contributed by atoms with E-state index in [0.717, 1.165) is 37.2 Å². The van der Waals surface area contributed by atoms with Gasteiger partial charge in [-0.15, -0.1) is 0 Å². The molecule has 0 aliphatic heterocycles. The minimum Gasteiger partial charge on any atom is -0.493 e. The largest absolute Gasteiger partial charge is 0.493 e. The van der Waals surface area contributed by atoms with Crippen LogP contribution in [-0.2, 0) is 25.7 Å². The molecule has 0 N–H and O–H groups in total. The van der Waals surface area contributed by atoms with Crippen LogP contribution < -0.4 is 9.47 Å². The van der Waals surface area contributed by atoms with Crippen LogP contribution >= 0.6 is 0 Å². The van der Waals surface area contributed by atoms with Crippen LogP contribution in [0.25, 0.3) is 10.8 Å². The molecule has 0 atom stereocenters. The Kier molecular flexibility index (Phi) is 6.34. The van der Waals surface area contributed by atoms with E-state index in [9.17, 15) is 0 Å². The molecule has 0 bridgehead atoms. The number of hydrogen-bond donors (Lipinski definition) is 0. The molecule has 0 saturated carbocycles. The summed E-state index contributed by atoms with van der Waals surface area (Å²) < 4.78 is 10.8. The van der Waals surface area contributed by atoms with Crippen molar-refractivity contribution < 1.29 is 9.47 Å². The molecule has 0 aliphatic rings. The van der Waals surface area contributed by atoms with E-state index in [1.807, 2.05) is 6.07 Å². The molecule has 0 radical (unpaired) electrons. The van der Waals surface area contributed by atoms with Crippen LogP contribution in [0.3, 0.4) is 0 Å². The minimum absolute atomic E-state index is 0.775. The van der Waals surface area contributed by atoms with E-state index in [1.165, 1.54) is 33.0 Å². The maximum absolute atomic E-state index is 5.42. The molecule has 0 spiro atoms. The van der Waals surface area contributed by atoms with Crippen molar-refractivity contribution in [3.8, 4) is 11.5 Å². The van der Waals surface area contributed by atoms with Crippen molar-refractivity contribution in [3.05, 3.63) is 107 Å². The van der Waals surface area contributed by atoms with Crippen molar-refractivity contribution in [2.45, 2.75) is 25.7 Å². The summed E-state index contributed by atoms with van der Waals surface area (Å²) >= 11 is 0. The molecule has 2 heteroatoms. The van der Waals surface area contributed by atoms with Gasteiger partial charge in [-0.3, -0.25) is 0 Å². The fraction of sp³-hybridized carbons (Fsp3) is 0.214. The number of fused-ring (bicyclic) bond motifs is 1. The maximum Gasteiger partial charge on any atom is 0.160 e. The zero-order valence-electron chi connectivity index (χ0n) is 17.7. The molecule has 0 aromatic heterocycles. The molecule has 4 rings (SSSR count). The average molecular weight is 397 g/mol. The van der Waals surface area contributed by atoms with Gasteiger partial charge in [0, 0.05) is 0 Å². The lowest BCUT2D eigenvalue weighted by Crippen LogP contribution is -1.97. The number of hydrogen-bond acceptors (Lipinski definition) is 2. The van der Waals surface area contributed by atoms with Gasteiger partial charge in [0.25, 0.3) is 0 Å². The molecule has 4 aromatic rings. The van der Waals surface area contributed by atoms with Crippen LogP contribution in [0, 0.1) is 0 Å². The quantitative estimate of drug-likeness (QED) is 0.342. The molecule has 4 aromatic carbocycles. The Bertz CT molecular complexity index is 1130. The topological polar surface area (TPSA) is 18.5 Å². The van der Waals surface area contributed by atoms with Crippen LogP contribution in [0.2, 0.25) is 0 Å². The SMILES string of the molecule is COc1ccc(CCc2cccc(CCc3ccc4ccccc4c3)c2)cc1OC. The lowest BCUT2D eigenvalue weighted by atomic mass is 9.98. The number of aryl methyl sites for hydroxylation is 4. The summed E-state index contributed by atoms with van der Waals surface area (Å²) in [7, 11) is 3.35. The van der Waals surface area contributed by atoms with E-state index in [4.69, 9.17) is 9.47 Å². The molecule has 0 aliphatic carbocycles. The summed E-state index contributed by atoms with van der Waals surface area (Å²) in [6.07, 6.45) is 4.11. The molecule has 0 heterocycles. The van der Waals surface area contributed by atoms with Crippen LogP contribution in [0.15, 0.2) is 84.9 Å². The second-order valence-corrected chi connectivity index (χ2v) is 7.69. The Hall–Kier alpha value is -3.26. The fourth-order valence-electron chi connectivity index (χ4n) is 3.95. The predicted octanol–water partition coefficient (Wildman–Crippen LogP) is 6.43. The van der Waals surface area contributed by atoms with Crippen LogP contribution in [0.1, 0.15) is 22.3 Å². The smallest absolute Gasteiger partial charge is 0.160 e. The zero-order chi connectivity index (χ0) is 20.8. The molecular formula is C28H28O2. The summed E-state index contributed by atoms with van der Waals surface area (Å²) in [5.74, 6) is 1.57. The highest BCUT2D eigenvalue weighted by atomic mass is 16.5. The standard InChI is InChI=1S/C28H28O2/c1-29-27-17-15-24(20-28(27)30-2)13-11-22-7-5-6-21(18-22)10-12-23-14-16-25-8-3-4-9-26(25)19-23/h3-9,14-20H,10-13H2,1-2H3. The van der Waals surface area contributed by atoms with Crippen LogP contribution in [-0.4, -0.2) is 14.2 Å². The summed E-state index contributed by atoms with van der Waals surface area (Å²) in [6, 6.07) is 30.5. The van der Waals surface area contributed by atoms with Crippen LogP contribution in [0.4, 0.5) is 0 Å². The Labute approximate surface area is 179 Å². The van der Waals surface area contributed by atoms with Gasteiger partial charge < -0.3 is 9.47 Å².